The van der Waals surface area contributed by atoms with Gasteiger partial charge in [-0.05, 0) is 59.4 Å². The van der Waals surface area contributed by atoms with Crippen LogP contribution in [0.3, 0.4) is 0 Å². The van der Waals surface area contributed by atoms with Crippen molar-refractivity contribution >= 4 is 31.5 Å². The number of rotatable bonds is 4. The predicted octanol–water partition coefficient (Wildman–Crippen LogP) is 7.83. The zero-order valence-electron chi connectivity index (χ0n) is 16.7. The molecule has 0 fully saturated rings. The van der Waals surface area contributed by atoms with Crippen molar-refractivity contribution < 1.29 is 0 Å². The molecular weight excluding hydrogens is 370 g/mol. The normalized spacial score (nSPS) is 11.6. The van der Waals surface area contributed by atoms with E-state index in [1.165, 1.54) is 42.4 Å². The zero-order valence-corrected chi connectivity index (χ0v) is 17.5. The highest BCUT2D eigenvalue weighted by Crippen LogP contribution is 2.37. The van der Waals surface area contributed by atoms with Crippen LogP contribution in [0, 0.1) is 0 Å². The molecule has 5 rings (SSSR count). The van der Waals surface area contributed by atoms with Crippen LogP contribution in [-0.2, 0) is 6.42 Å². The molecule has 1 nitrogen and oxygen atoms in total. The molecule has 5 aromatic rings. The Morgan fingerprint density at radius 1 is 0.759 bits per heavy atom. The quantitative estimate of drug-likeness (QED) is 0.303. The van der Waals surface area contributed by atoms with E-state index < -0.39 is 0 Å². The van der Waals surface area contributed by atoms with Gasteiger partial charge >= 0.3 is 0 Å². The predicted molar refractivity (Wildman–Crippen MR) is 126 cm³/mol. The Morgan fingerprint density at radius 2 is 1.62 bits per heavy atom. The largest absolute Gasteiger partial charge is 0.256 e. The number of nitrogens with zero attached hydrogens (tertiary/aromatic N) is 1. The van der Waals surface area contributed by atoms with Crippen LogP contribution < -0.4 is 0 Å². The molecule has 0 spiro atoms. The second kappa shape index (κ2) is 7.46. The average Bonchev–Trinajstić information content (AvgIpc) is 3.11. The van der Waals surface area contributed by atoms with E-state index in [0.29, 0.717) is 5.92 Å². The molecule has 3 aromatic carbocycles. The fourth-order valence-corrected chi connectivity index (χ4v) is 5.02. The standard InChI is InChI=1S/C27H23NS/c1-18(2)21-8-10-23-24-16-22(9-11-26(24)29-27(23)17-21)25-15-20(12-13-28-25)14-19-6-4-3-5-7-19/h3-13,15-18H,14H2,1-2H3. The van der Waals surface area contributed by atoms with Crippen molar-refractivity contribution in [3.8, 4) is 11.3 Å². The van der Waals surface area contributed by atoms with Crippen LogP contribution in [-0.4, -0.2) is 4.98 Å². The van der Waals surface area contributed by atoms with Crippen LogP contribution in [0.15, 0.2) is 85.1 Å². The molecule has 0 amide bonds. The van der Waals surface area contributed by atoms with Gasteiger partial charge in [0.05, 0.1) is 5.69 Å². The molecule has 0 bridgehead atoms. The minimum Gasteiger partial charge on any atom is -0.256 e. The molecule has 2 aromatic heterocycles. The number of aromatic nitrogens is 1. The van der Waals surface area contributed by atoms with Crippen molar-refractivity contribution in [1.29, 1.82) is 0 Å². The first-order valence-corrected chi connectivity index (χ1v) is 10.9. The summed E-state index contributed by atoms with van der Waals surface area (Å²) in [6.07, 6.45) is 2.86. The maximum atomic E-state index is 4.66. The number of fused-ring (bicyclic) bond motifs is 3. The minimum atomic E-state index is 0.553. The molecule has 0 radical (unpaired) electrons. The van der Waals surface area contributed by atoms with E-state index in [1.54, 1.807) is 0 Å². The van der Waals surface area contributed by atoms with Crippen LogP contribution in [0.2, 0.25) is 0 Å². The van der Waals surface area contributed by atoms with Gasteiger partial charge in [-0.1, -0.05) is 62.4 Å². The number of hydrogen-bond acceptors (Lipinski definition) is 2. The number of pyridine rings is 1. The zero-order chi connectivity index (χ0) is 19.8. The van der Waals surface area contributed by atoms with Gasteiger partial charge in [0.1, 0.15) is 0 Å². The monoisotopic (exact) mass is 393 g/mol. The fourth-order valence-electron chi connectivity index (χ4n) is 3.89. The average molecular weight is 394 g/mol. The third kappa shape index (κ3) is 3.56. The van der Waals surface area contributed by atoms with Crippen molar-refractivity contribution in [3.05, 3.63) is 102 Å². The minimum absolute atomic E-state index is 0.553. The number of hydrogen-bond donors (Lipinski definition) is 0. The van der Waals surface area contributed by atoms with E-state index in [0.717, 1.165) is 12.1 Å². The van der Waals surface area contributed by atoms with Gasteiger partial charge in [-0.2, -0.15) is 0 Å². The second-order valence-electron chi connectivity index (χ2n) is 7.94. The van der Waals surface area contributed by atoms with Crippen LogP contribution in [0.5, 0.6) is 0 Å². The Labute approximate surface area is 175 Å². The Morgan fingerprint density at radius 3 is 2.45 bits per heavy atom. The van der Waals surface area contributed by atoms with Gasteiger partial charge in [0.2, 0.25) is 0 Å². The molecule has 0 saturated heterocycles. The summed E-state index contributed by atoms with van der Waals surface area (Å²) in [6.45, 7) is 4.50. The van der Waals surface area contributed by atoms with Gasteiger partial charge in [-0.25, -0.2) is 0 Å². The van der Waals surface area contributed by atoms with Crippen molar-refractivity contribution in [3.63, 3.8) is 0 Å². The summed E-state index contributed by atoms with van der Waals surface area (Å²) in [6, 6.07) is 28.6. The van der Waals surface area contributed by atoms with Crippen LogP contribution in [0.25, 0.3) is 31.4 Å². The van der Waals surface area contributed by atoms with Gasteiger partial charge in [-0.15, -0.1) is 11.3 Å². The lowest BCUT2D eigenvalue weighted by atomic mass is 10.00. The third-order valence-electron chi connectivity index (χ3n) is 5.53. The van der Waals surface area contributed by atoms with E-state index in [9.17, 15) is 0 Å². The maximum absolute atomic E-state index is 4.66. The Hall–Kier alpha value is -2.97. The van der Waals surface area contributed by atoms with Crippen LogP contribution in [0.1, 0.15) is 36.5 Å². The summed E-state index contributed by atoms with van der Waals surface area (Å²) in [5.41, 5.74) is 6.24. The highest BCUT2D eigenvalue weighted by atomic mass is 32.1. The lowest BCUT2D eigenvalue weighted by molar-refractivity contribution is 0.869. The number of thiophene rings is 1. The first kappa shape index (κ1) is 18.1. The highest BCUT2D eigenvalue weighted by molar-refractivity contribution is 7.25. The van der Waals surface area contributed by atoms with Crippen molar-refractivity contribution in [1.82, 2.24) is 4.98 Å². The molecule has 0 N–H and O–H groups in total. The molecular formula is C27H23NS. The lowest BCUT2D eigenvalue weighted by Crippen LogP contribution is -1.91. The summed E-state index contributed by atoms with van der Waals surface area (Å²) in [4.78, 5) is 4.66. The second-order valence-corrected chi connectivity index (χ2v) is 9.02. The van der Waals surface area contributed by atoms with Crippen molar-refractivity contribution in [2.24, 2.45) is 0 Å². The third-order valence-corrected chi connectivity index (χ3v) is 6.67. The van der Waals surface area contributed by atoms with E-state index in [1.807, 2.05) is 17.5 Å². The molecule has 0 atom stereocenters. The molecule has 0 saturated carbocycles. The molecule has 0 unspecified atom stereocenters. The molecule has 0 aliphatic carbocycles. The van der Waals surface area contributed by atoms with E-state index in [4.69, 9.17) is 0 Å². The van der Waals surface area contributed by atoms with Gasteiger partial charge in [-0.3, -0.25) is 4.98 Å². The van der Waals surface area contributed by atoms with E-state index in [-0.39, 0.29) is 0 Å². The van der Waals surface area contributed by atoms with Gasteiger partial charge < -0.3 is 0 Å². The molecule has 29 heavy (non-hydrogen) atoms. The van der Waals surface area contributed by atoms with Crippen LogP contribution >= 0.6 is 11.3 Å². The number of benzene rings is 3. The molecule has 2 heteroatoms. The topological polar surface area (TPSA) is 12.9 Å². The summed E-state index contributed by atoms with van der Waals surface area (Å²) in [5, 5.41) is 2.67. The fraction of sp³-hybridized carbons (Fsp3) is 0.148. The van der Waals surface area contributed by atoms with E-state index >= 15 is 0 Å². The lowest BCUT2D eigenvalue weighted by Gasteiger charge is -2.06. The first-order valence-electron chi connectivity index (χ1n) is 10.1. The summed E-state index contributed by atoms with van der Waals surface area (Å²) >= 11 is 1.88. The van der Waals surface area contributed by atoms with Gasteiger partial charge in [0, 0.05) is 31.9 Å². The maximum Gasteiger partial charge on any atom is 0.0705 e. The summed E-state index contributed by atoms with van der Waals surface area (Å²) in [5.74, 6) is 0.553. The van der Waals surface area contributed by atoms with Crippen molar-refractivity contribution in [2.45, 2.75) is 26.2 Å². The smallest absolute Gasteiger partial charge is 0.0705 e. The highest BCUT2D eigenvalue weighted by Gasteiger charge is 2.10. The van der Waals surface area contributed by atoms with Gasteiger partial charge in [0.15, 0.2) is 0 Å². The Bertz CT molecular complexity index is 1300. The Balaban J connectivity index is 1.55. The van der Waals surface area contributed by atoms with Gasteiger partial charge in [0.25, 0.3) is 0 Å². The summed E-state index contributed by atoms with van der Waals surface area (Å²) < 4.78 is 2.71. The first-order chi connectivity index (χ1) is 14.2. The molecule has 0 aliphatic rings. The molecule has 0 aliphatic heterocycles. The van der Waals surface area contributed by atoms with Crippen LogP contribution in [0.4, 0.5) is 0 Å². The van der Waals surface area contributed by atoms with Crippen molar-refractivity contribution in [2.75, 3.05) is 0 Å². The van der Waals surface area contributed by atoms with E-state index in [2.05, 4.69) is 97.7 Å². The Kier molecular flexibility index (Phi) is 4.65. The molecule has 142 valence electrons. The summed E-state index contributed by atoms with van der Waals surface area (Å²) in [7, 11) is 0. The SMILES string of the molecule is CC(C)c1ccc2c(c1)sc1ccc(-c3cc(Cc4ccccc4)ccn3)cc12. The molecule has 2 heterocycles.